The van der Waals surface area contributed by atoms with Crippen LogP contribution in [0.25, 0.3) is 0 Å². The number of aliphatic imine (C=N–C) groups is 1. The lowest BCUT2D eigenvalue weighted by molar-refractivity contribution is -0.138. The Bertz CT molecular complexity index is 1280. The van der Waals surface area contributed by atoms with Crippen LogP contribution < -0.4 is 4.74 Å². The Hall–Kier alpha value is -3.89. The highest BCUT2D eigenvalue weighted by atomic mass is 16.6. The van der Waals surface area contributed by atoms with Crippen LogP contribution in [0.5, 0.6) is 5.75 Å². The summed E-state index contributed by atoms with van der Waals surface area (Å²) in [5.41, 5.74) is 3.20. The number of hydrogen-bond donors (Lipinski definition) is 0. The van der Waals surface area contributed by atoms with Crippen LogP contribution in [0.15, 0.2) is 120 Å². The highest BCUT2D eigenvalue weighted by Crippen LogP contribution is 2.46. The summed E-state index contributed by atoms with van der Waals surface area (Å²) in [5.74, 6) is 1.65. The van der Waals surface area contributed by atoms with E-state index in [2.05, 4.69) is 100 Å². The Balaban J connectivity index is 1.54. The van der Waals surface area contributed by atoms with Crippen LogP contribution >= 0.6 is 0 Å². The van der Waals surface area contributed by atoms with E-state index in [9.17, 15) is 0 Å². The minimum absolute atomic E-state index is 0.0687. The first-order valence-corrected chi connectivity index (χ1v) is 13.6. The molecule has 0 bridgehead atoms. The maximum Gasteiger partial charge on any atom is 0.196 e. The van der Waals surface area contributed by atoms with Crippen LogP contribution in [-0.2, 0) is 15.1 Å². The summed E-state index contributed by atoms with van der Waals surface area (Å²) in [4.78, 5) is 4.87. The van der Waals surface area contributed by atoms with Gasteiger partial charge in [0.25, 0.3) is 0 Å². The van der Waals surface area contributed by atoms with Gasteiger partial charge in [-0.2, -0.15) is 0 Å². The van der Waals surface area contributed by atoms with Crippen molar-refractivity contribution >= 4 is 11.6 Å². The fourth-order valence-electron chi connectivity index (χ4n) is 5.53. The highest BCUT2D eigenvalue weighted by Gasteiger charge is 2.52. The van der Waals surface area contributed by atoms with Crippen molar-refractivity contribution in [1.29, 1.82) is 0 Å². The number of benzene rings is 4. The third-order valence-corrected chi connectivity index (χ3v) is 7.46. The van der Waals surface area contributed by atoms with Gasteiger partial charge in [0.05, 0.1) is 24.8 Å². The van der Waals surface area contributed by atoms with E-state index >= 15 is 0 Å². The van der Waals surface area contributed by atoms with Gasteiger partial charge in [0.15, 0.2) is 5.90 Å². The standard InChI is InChI=1S/C35H37NO3/c1-25(32-31(34(2,3)4)33(38-32)36-29-21-23-30(37-5)24-22-29)39-35(26-15-9-6-10-16-26,27-17-11-7-12-18-27)28-19-13-8-14-20-28/h6-25,31-32H,1-5H3/t25-,31-,32-/m0/s1. The fourth-order valence-corrected chi connectivity index (χ4v) is 5.53. The Morgan fingerprint density at radius 3 is 1.56 bits per heavy atom. The second kappa shape index (κ2) is 11.1. The lowest BCUT2D eigenvalue weighted by Gasteiger charge is -2.50. The monoisotopic (exact) mass is 519 g/mol. The number of ether oxygens (including phenoxy) is 3. The Morgan fingerprint density at radius 2 is 1.15 bits per heavy atom. The topological polar surface area (TPSA) is 40.0 Å². The van der Waals surface area contributed by atoms with E-state index in [0.29, 0.717) is 0 Å². The van der Waals surface area contributed by atoms with E-state index in [4.69, 9.17) is 19.2 Å². The fraction of sp³-hybridized carbons (Fsp3) is 0.286. The van der Waals surface area contributed by atoms with Crippen LogP contribution in [0.2, 0.25) is 0 Å². The number of rotatable bonds is 8. The molecule has 4 nitrogen and oxygen atoms in total. The average Bonchev–Trinajstić information content (AvgIpc) is 2.94. The molecular weight excluding hydrogens is 482 g/mol. The summed E-state index contributed by atoms with van der Waals surface area (Å²) in [7, 11) is 1.66. The first kappa shape index (κ1) is 26.7. The zero-order valence-electron chi connectivity index (χ0n) is 23.4. The Kier molecular flexibility index (Phi) is 7.58. The van der Waals surface area contributed by atoms with Crippen LogP contribution in [0.3, 0.4) is 0 Å². The Morgan fingerprint density at radius 1 is 0.692 bits per heavy atom. The molecule has 0 N–H and O–H groups in total. The lowest BCUT2D eigenvalue weighted by Crippen LogP contribution is -2.58. The normalized spacial score (nSPS) is 19.2. The van der Waals surface area contributed by atoms with Gasteiger partial charge in [-0.3, -0.25) is 0 Å². The van der Waals surface area contributed by atoms with Crippen molar-refractivity contribution < 1.29 is 14.2 Å². The van der Waals surface area contributed by atoms with Crippen molar-refractivity contribution in [3.63, 3.8) is 0 Å². The molecule has 0 spiro atoms. The summed E-state index contributed by atoms with van der Waals surface area (Å²) in [6.45, 7) is 8.84. The van der Waals surface area contributed by atoms with Crippen LogP contribution in [-0.4, -0.2) is 25.2 Å². The van der Waals surface area contributed by atoms with Crippen molar-refractivity contribution in [2.45, 2.75) is 45.5 Å². The van der Waals surface area contributed by atoms with E-state index in [-0.39, 0.29) is 23.5 Å². The van der Waals surface area contributed by atoms with Gasteiger partial charge in [-0.05, 0) is 53.3 Å². The number of methoxy groups -OCH3 is 1. The van der Waals surface area contributed by atoms with Gasteiger partial charge >= 0.3 is 0 Å². The zero-order chi connectivity index (χ0) is 27.5. The molecule has 0 aliphatic carbocycles. The Labute approximate surface area is 232 Å². The van der Waals surface area contributed by atoms with E-state index in [0.717, 1.165) is 34.0 Å². The molecule has 0 saturated carbocycles. The van der Waals surface area contributed by atoms with Crippen LogP contribution in [0, 0.1) is 11.3 Å². The molecular formula is C35H37NO3. The average molecular weight is 520 g/mol. The molecule has 4 heteroatoms. The van der Waals surface area contributed by atoms with Crippen LogP contribution in [0.1, 0.15) is 44.4 Å². The summed E-state index contributed by atoms with van der Waals surface area (Å²) in [6.07, 6.45) is -0.387. The molecule has 0 unspecified atom stereocenters. The molecule has 1 aliphatic rings. The molecule has 4 aromatic carbocycles. The van der Waals surface area contributed by atoms with Crippen molar-refractivity contribution in [2.75, 3.05) is 7.11 Å². The third-order valence-electron chi connectivity index (χ3n) is 7.46. The second-order valence-electron chi connectivity index (χ2n) is 11.2. The van der Waals surface area contributed by atoms with Gasteiger partial charge in [0.1, 0.15) is 17.5 Å². The van der Waals surface area contributed by atoms with E-state index in [1.54, 1.807) is 7.11 Å². The van der Waals surface area contributed by atoms with Gasteiger partial charge in [-0.15, -0.1) is 0 Å². The van der Waals surface area contributed by atoms with Crippen molar-refractivity contribution in [3.8, 4) is 5.75 Å². The molecule has 200 valence electrons. The van der Waals surface area contributed by atoms with Gasteiger partial charge in [0.2, 0.25) is 0 Å². The smallest absolute Gasteiger partial charge is 0.196 e. The van der Waals surface area contributed by atoms with Crippen molar-refractivity contribution in [1.82, 2.24) is 0 Å². The van der Waals surface area contributed by atoms with Crippen molar-refractivity contribution in [3.05, 3.63) is 132 Å². The molecule has 1 aliphatic heterocycles. The quantitative estimate of drug-likeness (QED) is 0.220. The number of nitrogens with zero attached hydrogens (tertiary/aromatic N) is 1. The molecule has 39 heavy (non-hydrogen) atoms. The number of hydrogen-bond acceptors (Lipinski definition) is 4. The third kappa shape index (κ3) is 5.35. The first-order valence-electron chi connectivity index (χ1n) is 13.6. The summed E-state index contributed by atoms with van der Waals surface area (Å²) in [5, 5.41) is 0. The minimum atomic E-state index is -0.808. The summed E-state index contributed by atoms with van der Waals surface area (Å²) < 4.78 is 19.0. The van der Waals surface area contributed by atoms with Crippen molar-refractivity contribution in [2.24, 2.45) is 16.3 Å². The molecule has 0 radical (unpaired) electrons. The maximum atomic E-state index is 7.26. The molecule has 0 amide bonds. The summed E-state index contributed by atoms with van der Waals surface area (Å²) in [6, 6.07) is 39.2. The van der Waals surface area contributed by atoms with E-state index in [1.165, 1.54) is 0 Å². The molecule has 1 saturated heterocycles. The zero-order valence-corrected chi connectivity index (χ0v) is 23.4. The molecule has 0 aromatic heterocycles. The summed E-state index contributed by atoms with van der Waals surface area (Å²) >= 11 is 0. The molecule has 3 atom stereocenters. The van der Waals surface area contributed by atoms with Crippen LogP contribution in [0.4, 0.5) is 5.69 Å². The molecule has 5 rings (SSSR count). The maximum absolute atomic E-state index is 7.26. The molecule has 4 aromatic rings. The molecule has 1 fully saturated rings. The lowest BCUT2D eigenvalue weighted by atomic mass is 9.72. The first-order chi connectivity index (χ1) is 18.8. The van der Waals surface area contributed by atoms with Gasteiger partial charge < -0.3 is 14.2 Å². The van der Waals surface area contributed by atoms with E-state index < -0.39 is 5.60 Å². The second-order valence-corrected chi connectivity index (χ2v) is 11.2. The molecule has 1 heterocycles. The predicted octanol–water partition coefficient (Wildman–Crippen LogP) is 8.18. The highest BCUT2D eigenvalue weighted by molar-refractivity contribution is 5.87. The largest absolute Gasteiger partial charge is 0.497 e. The SMILES string of the molecule is COc1ccc(N=C2O[C@@H]([C@H](C)OC(c3ccccc3)(c3ccccc3)c3ccccc3)[C@@H]2C(C)(C)C)cc1. The van der Waals surface area contributed by atoms with Gasteiger partial charge in [0, 0.05) is 0 Å². The van der Waals surface area contributed by atoms with E-state index in [1.807, 2.05) is 42.5 Å². The van der Waals surface area contributed by atoms with Gasteiger partial charge in [-0.25, -0.2) is 4.99 Å². The van der Waals surface area contributed by atoms with Gasteiger partial charge in [-0.1, -0.05) is 112 Å². The minimum Gasteiger partial charge on any atom is -0.497 e. The predicted molar refractivity (Wildman–Crippen MR) is 158 cm³/mol.